The van der Waals surface area contributed by atoms with Gasteiger partial charge >= 0.3 is 0 Å². The molecule has 1 fully saturated rings. The highest BCUT2D eigenvalue weighted by Gasteiger charge is 2.25. The number of hydrogen-bond acceptors (Lipinski definition) is 3. The number of nitrogens with zero attached hydrogens (tertiary/aromatic N) is 2. The van der Waals surface area contributed by atoms with Crippen molar-refractivity contribution in [2.75, 3.05) is 19.6 Å². The second-order valence-corrected chi connectivity index (χ2v) is 3.52. The average Bonchev–Trinajstić information content (AvgIpc) is 2.40. The van der Waals surface area contributed by atoms with E-state index in [0.29, 0.717) is 6.54 Å². The van der Waals surface area contributed by atoms with Gasteiger partial charge in [-0.05, 0) is 25.8 Å². The zero-order chi connectivity index (χ0) is 10.4. The van der Waals surface area contributed by atoms with Crippen LogP contribution < -0.4 is 5.32 Å². The van der Waals surface area contributed by atoms with Gasteiger partial charge in [-0.2, -0.15) is 5.26 Å². The predicted molar refractivity (Wildman–Crippen MR) is 53.5 cm³/mol. The largest absolute Gasteiger partial charge is 0.355 e. The Bertz CT molecular complexity index is 234. The van der Waals surface area contributed by atoms with Crippen molar-refractivity contribution in [2.24, 2.45) is 0 Å². The lowest BCUT2D eigenvalue weighted by Crippen LogP contribution is -2.45. The van der Waals surface area contributed by atoms with E-state index in [9.17, 15) is 4.79 Å². The molecule has 1 rings (SSSR count). The van der Waals surface area contributed by atoms with Crippen LogP contribution >= 0.6 is 0 Å². The number of carbonyl (C=O) groups is 1. The Morgan fingerprint density at radius 1 is 1.64 bits per heavy atom. The first-order valence-electron chi connectivity index (χ1n) is 5.18. The lowest BCUT2D eigenvalue weighted by molar-refractivity contribution is -0.125. The summed E-state index contributed by atoms with van der Waals surface area (Å²) in [7, 11) is 0. The average molecular weight is 195 g/mol. The molecule has 1 aliphatic heterocycles. The minimum absolute atomic E-state index is 0.0830. The van der Waals surface area contributed by atoms with E-state index in [-0.39, 0.29) is 11.9 Å². The van der Waals surface area contributed by atoms with E-state index in [1.165, 1.54) is 0 Å². The molecular weight excluding hydrogens is 178 g/mol. The van der Waals surface area contributed by atoms with E-state index in [4.69, 9.17) is 5.26 Å². The smallest absolute Gasteiger partial charge is 0.237 e. The van der Waals surface area contributed by atoms with Gasteiger partial charge < -0.3 is 5.32 Å². The summed E-state index contributed by atoms with van der Waals surface area (Å²) in [6.07, 6.45) is 2.99. The quantitative estimate of drug-likeness (QED) is 0.667. The Morgan fingerprint density at radius 3 is 3.07 bits per heavy atom. The highest BCUT2D eigenvalue weighted by atomic mass is 16.2. The Morgan fingerprint density at radius 2 is 2.43 bits per heavy atom. The van der Waals surface area contributed by atoms with Crippen LogP contribution in [0.15, 0.2) is 0 Å². The van der Waals surface area contributed by atoms with E-state index < -0.39 is 0 Å². The SMILES string of the molecule is CCN(CC#N)C1CCCCNC1=O. The van der Waals surface area contributed by atoms with Gasteiger partial charge in [-0.1, -0.05) is 6.92 Å². The number of likely N-dealkylation sites (N-methyl/N-ethyl adjacent to an activating group) is 1. The summed E-state index contributed by atoms with van der Waals surface area (Å²) in [6, 6.07) is 2.01. The van der Waals surface area contributed by atoms with E-state index in [0.717, 1.165) is 32.4 Å². The van der Waals surface area contributed by atoms with Gasteiger partial charge in [0.05, 0.1) is 18.7 Å². The summed E-state index contributed by atoms with van der Waals surface area (Å²) in [5.41, 5.74) is 0. The Hall–Kier alpha value is -1.08. The second-order valence-electron chi connectivity index (χ2n) is 3.52. The fraction of sp³-hybridized carbons (Fsp3) is 0.800. The molecule has 14 heavy (non-hydrogen) atoms. The summed E-state index contributed by atoms with van der Waals surface area (Å²) in [5, 5.41) is 11.5. The number of amides is 1. The van der Waals surface area contributed by atoms with Gasteiger partial charge in [0.25, 0.3) is 0 Å². The molecule has 0 aromatic heterocycles. The van der Waals surface area contributed by atoms with Crippen LogP contribution in [0.4, 0.5) is 0 Å². The topological polar surface area (TPSA) is 56.1 Å². The highest BCUT2D eigenvalue weighted by molar-refractivity contribution is 5.81. The van der Waals surface area contributed by atoms with E-state index in [2.05, 4.69) is 11.4 Å². The summed E-state index contributed by atoms with van der Waals surface area (Å²) >= 11 is 0. The number of hydrogen-bond donors (Lipinski definition) is 1. The Labute approximate surface area is 84.9 Å². The van der Waals surface area contributed by atoms with Crippen LogP contribution in [-0.4, -0.2) is 36.5 Å². The highest BCUT2D eigenvalue weighted by Crippen LogP contribution is 2.11. The standard InChI is InChI=1S/C10H17N3O/c1-2-13(8-6-11)9-5-3-4-7-12-10(9)14/h9H,2-5,7-8H2,1H3,(H,12,14). The second kappa shape index (κ2) is 5.61. The van der Waals surface area contributed by atoms with Gasteiger partial charge in [0.1, 0.15) is 0 Å². The van der Waals surface area contributed by atoms with Crippen LogP contribution in [0.2, 0.25) is 0 Å². The fourth-order valence-corrected chi connectivity index (χ4v) is 1.80. The van der Waals surface area contributed by atoms with Crippen LogP contribution in [0.3, 0.4) is 0 Å². The minimum atomic E-state index is -0.0952. The summed E-state index contributed by atoms with van der Waals surface area (Å²) in [4.78, 5) is 13.6. The molecule has 4 nitrogen and oxygen atoms in total. The van der Waals surface area contributed by atoms with Gasteiger partial charge in [0.15, 0.2) is 0 Å². The van der Waals surface area contributed by atoms with E-state index in [1.54, 1.807) is 0 Å². The molecule has 0 radical (unpaired) electrons. The van der Waals surface area contributed by atoms with Gasteiger partial charge in [-0.15, -0.1) is 0 Å². The van der Waals surface area contributed by atoms with Crippen molar-refractivity contribution in [1.29, 1.82) is 5.26 Å². The fourth-order valence-electron chi connectivity index (χ4n) is 1.80. The number of nitrogens with one attached hydrogen (secondary N) is 1. The monoisotopic (exact) mass is 195 g/mol. The van der Waals surface area contributed by atoms with Gasteiger partial charge in [-0.25, -0.2) is 0 Å². The van der Waals surface area contributed by atoms with Crippen molar-refractivity contribution in [3.8, 4) is 6.07 Å². The van der Waals surface area contributed by atoms with Crippen molar-refractivity contribution >= 4 is 5.91 Å². The van der Waals surface area contributed by atoms with Gasteiger partial charge in [0, 0.05) is 6.54 Å². The molecule has 1 aliphatic rings. The van der Waals surface area contributed by atoms with Gasteiger partial charge in [-0.3, -0.25) is 9.69 Å². The molecule has 1 N–H and O–H groups in total. The minimum Gasteiger partial charge on any atom is -0.355 e. The Kier molecular flexibility index (Phi) is 4.41. The third-order valence-corrected chi connectivity index (χ3v) is 2.63. The lowest BCUT2D eigenvalue weighted by atomic mass is 10.1. The third-order valence-electron chi connectivity index (χ3n) is 2.63. The molecule has 1 unspecified atom stereocenters. The zero-order valence-electron chi connectivity index (χ0n) is 8.62. The van der Waals surface area contributed by atoms with Crippen molar-refractivity contribution in [2.45, 2.75) is 32.2 Å². The molecule has 0 aromatic carbocycles. The first kappa shape index (κ1) is 11.0. The molecule has 4 heteroatoms. The molecular formula is C10H17N3O. The maximum atomic E-state index is 11.6. The summed E-state index contributed by atoms with van der Waals surface area (Å²) in [5.74, 6) is 0.0830. The molecule has 1 amide bonds. The number of carbonyl (C=O) groups excluding carboxylic acids is 1. The molecule has 0 aromatic rings. The molecule has 0 aliphatic carbocycles. The van der Waals surface area contributed by atoms with Crippen molar-refractivity contribution < 1.29 is 4.79 Å². The number of nitriles is 1. The third kappa shape index (κ3) is 2.71. The lowest BCUT2D eigenvalue weighted by Gasteiger charge is -2.25. The molecule has 1 atom stereocenters. The van der Waals surface area contributed by atoms with E-state index in [1.807, 2.05) is 11.8 Å². The van der Waals surface area contributed by atoms with Gasteiger partial charge in [0.2, 0.25) is 5.91 Å². The Balaban J connectivity index is 2.61. The molecule has 0 spiro atoms. The summed E-state index contributed by atoms with van der Waals surface area (Å²) in [6.45, 7) is 3.86. The van der Waals surface area contributed by atoms with Crippen LogP contribution in [0.5, 0.6) is 0 Å². The first-order valence-corrected chi connectivity index (χ1v) is 5.18. The van der Waals surface area contributed by atoms with E-state index >= 15 is 0 Å². The van der Waals surface area contributed by atoms with Crippen LogP contribution in [0, 0.1) is 11.3 Å². The normalized spacial score (nSPS) is 22.6. The van der Waals surface area contributed by atoms with Crippen LogP contribution in [0.25, 0.3) is 0 Å². The van der Waals surface area contributed by atoms with Crippen molar-refractivity contribution in [3.05, 3.63) is 0 Å². The molecule has 78 valence electrons. The zero-order valence-corrected chi connectivity index (χ0v) is 8.62. The van der Waals surface area contributed by atoms with Crippen molar-refractivity contribution in [1.82, 2.24) is 10.2 Å². The van der Waals surface area contributed by atoms with Crippen molar-refractivity contribution in [3.63, 3.8) is 0 Å². The number of rotatable bonds is 3. The maximum Gasteiger partial charge on any atom is 0.237 e. The summed E-state index contributed by atoms with van der Waals surface area (Å²) < 4.78 is 0. The predicted octanol–water partition coefficient (Wildman–Crippen LogP) is 0.501. The molecule has 1 heterocycles. The van der Waals surface area contributed by atoms with Crippen LogP contribution in [-0.2, 0) is 4.79 Å². The first-order chi connectivity index (χ1) is 6.79. The molecule has 1 saturated heterocycles. The maximum absolute atomic E-state index is 11.6. The molecule has 0 saturated carbocycles. The molecule has 0 bridgehead atoms. The van der Waals surface area contributed by atoms with Crippen LogP contribution in [0.1, 0.15) is 26.2 Å².